The molecule has 80 valence electrons. The zero-order valence-corrected chi connectivity index (χ0v) is 8.59. The van der Waals surface area contributed by atoms with Gasteiger partial charge in [0.25, 0.3) is 0 Å². The van der Waals surface area contributed by atoms with Crippen molar-refractivity contribution in [2.24, 2.45) is 0 Å². The van der Waals surface area contributed by atoms with E-state index < -0.39 is 0 Å². The van der Waals surface area contributed by atoms with Crippen LogP contribution in [0.1, 0.15) is 32.1 Å². The highest BCUT2D eigenvalue weighted by atomic mass is 16.2. The molecule has 1 unspecified atom stereocenters. The van der Waals surface area contributed by atoms with Crippen molar-refractivity contribution in [3.05, 3.63) is 0 Å². The number of hydrazine groups is 1. The second-order valence-electron chi connectivity index (χ2n) is 4.16. The topological polar surface area (TPSA) is 44.4 Å². The molecule has 4 heteroatoms. The van der Waals surface area contributed by atoms with E-state index in [0.29, 0.717) is 12.5 Å². The van der Waals surface area contributed by atoms with Crippen LogP contribution >= 0.6 is 0 Å². The molecule has 2 fully saturated rings. The smallest absolute Gasteiger partial charge is 0.236 e. The van der Waals surface area contributed by atoms with Crippen LogP contribution in [0.25, 0.3) is 0 Å². The molecule has 2 N–H and O–H groups in total. The largest absolute Gasteiger partial charge is 0.312 e. The Kier molecular flexibility index (Phi) is 3.37. The quantitative estimate of drug-likeness (QED) is 0.667. The van der Waals surface area contributed by atoms with Crippen LogP contribution < -0.4 is 10.7 Å². The van der Waals surface area contributed by atoms with E-state index >= 15 is 0 Å². The van der Waals surface area contributed by atoms with Gasteiger partial charge in [0.15, 0.2) is 0 Å². The average molecular weight is 197 g/mol. The molecule has 0 saturated carbocycles. The van der Waals surface area contributed by atoms with E-state index in [1.807, 2.05) is 0 Å². The molecule has 0 aromatic heterocycles. The Bertz CT molecular complexity index is 202. The van der Waals surface area contributed by atoms with Crippen LogP contribution in [0, 0.1) is 0 Å². The van der Waals surface area contributed by atoms with E-state index in [1.165, 1.54) is 19.3 Å². The number of carbonyl (C=O) groups is 1. The number of amides is 1. The highest BCUT2D eigenvalue weighted by Gasteiger charge is 2.22. The predicted molar refractivity (Wildman–Crippen MR) is 54.6 cm³/mol. The minimum Gasteiger partial charge on any atom is -0.312 e. The van der Waals surface area contributed by atoms with Crippen LogP contribution in [0.4, 0.5) is 0 Å². The monoisotopic (exact) mass is 197 g/mol. The first-order chi connectivity index (χ1) is 6.86. The summed E-state index contributed by atoms with van der Waals surface area (Å²) in [6.45, 7) is 2.88. The molecule has 2 heterocycles. The van der Waals surface area contributed by atoms with Crippen molar-refractivity contribution in [2.45, 2.75) is 38.1 Å². The Hall–Kier alpha value is -0.610. The minimum absolute atomic E-state index is 0.253. The molecule has 1 amide bonds. The maximum Gasteiger partial charge on any atom is 0.236 e. The number of carbonyl (C=O) groups excluding carboxylic acids is 1. The standard InChI is InChI=1S/C10H19N3O/c14-10-5-3-7-12-13(10)8-9-4-1-2-6-11-9/h9,11-12H,1-8H2. The maximum atomic E-state index is 11.5. The van der Waals surface area contributed by atoms with Gasteiger partial charge in [-0.15, -0.1) is 0 Å². The van der Waals surface area contributed by atoms with E-state index in [0.717, 1.165) is 26.1 Å². The highest BCUT2D eigenvalue weighted by molar-refractivity contribution is 5.76. The van der Waals surface area contributed by atoms with E-state index in [2.05, 4.69) is 10.7 Å². The van der Waals surface area contributed by atoms with E-state index in [4.69, 9.17) is 0 Å². The van der Waals surface area contributed by atoms with Gasteiger partial charge in [-0.3, -0.25) is 9.80 Å². The summed E-state index contributed by atoms with van der Waals surface area (Å²) in [4.78, 5) is 11.5. The van der Waals surface area contributed by atoms with Crippen molar-refractivity contribution in [2.75, 3.05) is 19.6 Å². The SMILES string of the molecule is O=C1CCCNN1CC1CCCCN1. The summed E-state index contributed by atoms with van der Waals surface area (Å²) in [5, 5.41) is 5.25. The minimum atomic E-state index is 0.253. The molecule has 1 atom stereocenters. The molecule has 0 bridgehead atoms. The lowest BCUT2D eigenvalue weighted by Gasteiger charge is -2.33. The van der Waals surface area contributed by atoms with Gasteiger partial charge in [-0.05, 0) is 25.8 Å². The molecule has 0 aliphatic carbocycles. The molecule has 2 aliphatic rings. The van der Waals surface area contributed by atoms with Gasteiger partial charge in [0, 0.05) is 19.0 Å². The van der Waals surface area contributed by atoms with Crippen molar-refractivity contribution in [1.29, 1.82) is 0 Å². The summed E-state index contributed by atoms with van der Waals surface area (Å²) >= 11 is 0. The molecule has 14 heavy (non-hydrogen) atoms. The number of nitrogens with one attached hydrogen (secondary N) is 2. The number of nitrogens with zero attached hydrogens (tertiary/aromatic N) is 1. The predicted octanol–water partition coefficient (Wildman–Crippen LogP) is 0.255. The Balaban J connectivity index is 1.79. The number of rotatable bonds is 2. The van der Waals surface area contributed by atoms with E-state index in [-0.39, 0.29) is 5.91 Å². The summed E-state index contributed by atoms with van der Waals surface area (Å²) in [6, 6.07) is 0.498. The van der Waals surface area contributed by atoms with Crippen molar-refractivity contribution in [3.63, 3.8) is 0 Å². The first kappa shape index (κ1) is 9.93. The normalized spacial score (nSPS) is 29.3. The molecule has 0 aromatic carbocycles. The molecule has 4 nitrogen and oxygen atoms in total. The molecule has 0 radical (unpaired) electrons. The lowest BCUT2D eigenvalue weighted by molar-refractivity contribution is -0.137. The molecule has 2 rings (SSSR count). The Morgan fingerprint density at radius 1 is 1.29 bits per heavy atom. The van der Waals surface area contributed by atoms with Crippen molar-refractivity contribution >= 4 is 5.91 Å². The zero-order valence-electron chi connectivity index (χ0n) is 8.59. The van der Waals surface area contributed by atoms with Gasteiger partial charge < -0.3 is 5.32 Å². The Morgan fingerprint density at radius 2 is 2.21 bits per heavy atom. The average Bonchev–Trinajstić information content (AvgIpc) is 2.23. The molecule has 0 aromatic rings. The van der Waals surface area contributed by atoms with E-state index in [1.54, 1.807) is 5.01 Å². The summed E-state index contributed by atoms with van der Waals surface area (Å²) in [5.41, 5.74) is 3.16. The van der Waals surface area contributed by atoms with Gasteiger partial charge in [0.2, 0.25) is 5.91 Å². The van der Waals surface area contributed by atoms with Crippen LogP contribution in [0.15, 0.2) is 0 Å². The number of hydrogen-bond acceptors (Lipinski definition) is 3. The molecule has 2 saturated heterocycles. The Morgan fingerprint density at radius 3 is 2.93 bits per heavy atom. The number of hydrogen-bond donors (Lipinski definition) is 2. The lowest BCUT2D eigenvalue weighted by atomic mass is 10.0. The zero-order chi connectivity index (χ0) is 9.80. The highest BCUT2D eigenvalue weighted by Crippen LogP contribution is 2.10. The van der Waals surface area contributed by atoms with Gasteiger partial charge in [-0.1, -0.05) is 6.42 Å². The first-order valence-electron chi connectivity index (χ1n) is 5.63. The first-order valence-corrected chi connectivity index (χ1v) is 5.63. The molecular formula is C10H19N3O. The third-order valence-electron chi connectivity index (χ3n) is 2.99. The fraction of sp³-hybridized carbons (Fsp3) is 0.900. The van der Waals surface area contributed by atoms with Crippen molar-refractivity contribution in [1.82, 2.24) is 15.8 Å². The summed E-state index contributed by atoms with van der Waals surface area (Å²) in [6.07, 6.45) is 5.45. The van der Waals surface area contributed by atoms with Gasteiger partial charge in [0.05, 0.1) is 6.54 Å². The maximum absolute atomic E-state index is 11.5. The second kappa shape index (κ2) is 4.75. The van der Waals surface area contributed by atoms with Crippen LogP contribution in [-0.4, -0.2) is 36.6 Å². The van der Waals surface area contributed by atoms with Crippen LogP contribution in [0.2, 0.25) is 0 Å². The van der Waals surface area contributed by atoms with Crippen molar-refractivity contribution in [3.8, 4) is 0 Å². The van der Waals surface area contributed by atoms with Crippen LogP contribution in [-0.2, 0) is 4.79 Å². The molecule has 2 aliphatic heterocycles. The fourth-order valence-electron chi connectivity index (χ4n) is 2.14. The van der Waals surface area contributed by atoms with Crippen LogP contribution in [0.5, 0.6) is 0 Å². The summed E-state index contributed by atoms with van der Waals surface area (Å²) in [5.74, 6) is 0.253. The van der Waals surface area contributed by atoms with Gasteiger partial charge in [-0.25, -0.2) is 5.43 Å². The molecular weight excluding hydrogens is 178 g/mol. The van der Waals surface area contributed by atoms with Gasteiger partial charge in [0.1, 0.15) is 0 Å². The third kappa shape index (κ3) is 2.45. The third-order valence-corrected chi connectivity index (χ3v) is 2.99. The Labute approximate surface area is 85.0 Å². The summed E-state index contributed by atoms with van der Waals surface area (Å²) < 4.78 is 0. The van der Waals surface area contributed by atoms with Gasteiger partial charge in [-0.2, -0.15) is 0 Å². The lowest BCUT2D eigenvalue weighted by Crippen LogP contribution is -2.53. The van der Waals surface area contributed by atoms with Crippen molar-refractivity contribution < 1.29 is 4.79 Å². The number of piperidine rings is 1. The van der Waals surface area contributed by atoms with Crippen LogP contribution in [0.3, 0.4) is 0 Å². The van der Waals surface area contributed by atoms with Gasteiger partial charge >= 0.3 is 0 Å². The fourth-order valence-corrected chi connectivity index (χ4v) is 2.14. The molecule has 0 spiro atoms. The second-order valence-corrected chi connectivity index (χ2v) is 4.16. The van der Waals surface area contributed by atoms with E-state index in [9.17, 15) is 4.79 Å². The summed E-state index contributed by atoms with van der Waals surface area (Å²) in [7, 11) is 0.